The average Bonchev–Trinajstić information content (AvgIpc) is 3.00. The molecule has 18 heavy (non-hydrogen) atoms. The Bertz CT molecular complexity index is 450. The number of fused-ring (bicyclic) bond motifs is 1. The minimum absolute atomic E-state index is 0.177. The molecule has 0 spiro atoms. The maximum Gasteiger partial charge on any atom is 0.414 e. The average molecular weight is 247 g/mol. The first kappa shape index (κ1) is 11.4. The van der Waals surface area contributed by atoms with Gasteiger partial charge in [-0.05, 0) is 37.8 Å². The normalized spacial score (nSPS) is 22.7. The first-order valence-corrected chi connectivity index (χ1v) is 6.52. The summed E-state index contributed by atoms with van der Waals surface area (Å²) >= 11 is 0. The third-order valence-corrected chi connectivity index (χ3v) is 3.59. The van der Waals surface area contributed by atoms with Gasteiger partial charge in [0.2, 0.25) is 0 Å². The summed E-state index contributed by atoms with van der Waals surface area (Å²) in [6.07, 6.45) is 8.58. The second kappa shape index (κ2) is 4.88. The van der Waals surface area contributed by atoms with Crippen molar-refractivity contribution in [1.29, 1.82) is 0 Å². The highest BCUT2D eigenvalue weighted by Gasteiger charge is 2.36. The standard InChI is InChI=1S/C14H17NO3/c16-14-15-11(4-1-6-12(15)10-18-14)5-2-7-13-8-3-9-17-13/h3-4,8-9,12H,1-2,5-7,10H2/t12-/m0/s1. The van der Waals surface area contributed by atoms with Crippen LogP contribution < -0.4 is 0 Å². The molecule has 0 aliphatic carbocycles. The second-order valence-electron chi connectivity index (χ2n) is 4.81. The van der Waals surface area contributed by atoms with Gasteiger partial charge in [-0.1, -0.05) is 6.08 Å². The molecule has 4 heteroatoms. The van der Waals surface area contributed by atoms with Crippen molar-refractivity contribution >= 4 is 6.09 Å². The molecule has 0 unspecified atom stereocenters. The van der Waals surface area contributed by atoms with Crippen molar-refractivity contribution in [2.75, 3.05) is 6.61 Å². The molecular weight excluding hydrogens is 230 g/mol. The molecule has 0 bridgehead atoms. The van der Waals surface area contributed by atoms with E-state index in [1.54, 1.807) is 6.26 Å². The first-order chi connectivity index (χ1) is 8.84. The van der Waals surface area contributed by atoms with Crippen LogP contribution in [0.25, 0.3) is 0 Å². The van der Waals surface area contributed by atoms with Crippen LogP contribution in [0.1, 0.15) is 31.4 Å². The summed E-state index contributed by atoms with van der Waals surface area (Å²) in [5.74, 6) is 1.01. The van der Waals surface area contributed by atoms with Crippen LogP contribution >= 0.6 is 0 Å². The summed E-state index contributed by atoms with van der Waals surface area (Å²) in [6.45, 7) is 0.550. The van der Waals surface area contributed by atoms with Gasteiger partial charge in [0, 0.05) is 12.1 Å². The summed E-state index contributed by atoms with van der Waals surface area (Å²) in [5, 5.41) is 0. The number of hydrogen-bond donors (Lipinski definition) is 0. The Morgan fingerprint density at radius 1 is 1.39 bits per heavy atom. The van der Waals surface area contributed by atoms with Crippen molar-refractivity contribution < 1.29 is 13.9 Å². The predicted octanol–water partition coefficient (Wildman–Crippen LogP) is 3.10. The molecule has 0 saturated carbocycles. The molecule has 3 heterocycles. The Balaban J connectivity index is 1.58. The Morgan fingerprint density at radius 3 is 3.17 bits per heavy atom. The summed E-state index contributed by atoms with van der Waals surface area (Å²) in [4.78, 5) is 13.5. The molecule has 1 saturated heterocycles. The number of allylic oxidation sites excluding steroid dienone is 2. The number of furan rings is 1. The van der Waals surface area contributed by atoms with Gasteiger partial charge < -0.3 is 9.15 Å². The molecule has 1 amide bonds. The van der Waals surface area contributed by atoms with E-state index >= 15 is 0 Å². The van der Waals surface area contributed by atoms with Gasteiger partial charge in [-0.15, -0.1) is 0 Å². The van der Waals surface area contributed by atoms with Crippen LogP contribution in [-0.2, 0) is 11.2 Å². The lowest BCUT2D eigenvalue weighted by Gasteiger charge is -2.28. The second-order valence-corrected chi connectivity index (χ2v) is 4.81. The van der Waals surface area contributed by atoms with E-state index in [9.17, 15) is 4.79 Å². The molecule has 1 atom stereocenters. The van der Waals surface area contributed by atoms with E-state index in [-0.39, 0.29) is 12.1 Å². The zero-order chi connectivity index (χ0) is 12.4. The molecule has 0 aromatic carbocycles. The Hall–Kier alpha value is -1.71. The number of hydrogen-bond acceptors (Lipinski definition) is 3. The summed E-state index contributed by atoms with van der Waals surface area (Å²) in [7, 11) is 0. The van der Waals surface area contributed by atoms with Gasteiger partial charge in [-0.2, -0.15) is 0 Å². The van der Waals surface area contributed by atoms with E-state index in [1.807, 2.05) is 17.0 Å². The van der Waals surface area contributed by atoms with Crippen molar-refractivity contribution in [1.82, 2.24) is 4.90 Å². The van der Waals surface area contributed by atoms with Crippen molar-refractivity contribution in [3.05, 3.63) is 35.9 Å². The van der Waals surface area contributed by atoms with Crippen molar-refractivity contribution in [2.45, 2.75) is 38.1 Å². The van der Waals surface area contributed by atoms with Crippen LogP contribution in [0.15, 0.2) is 34.6 Å². The number of aryl methyl sites for hydroxylation is 1. The molecule has 2 aliphatic heterocycles. The van der Waals surface area contributed by atoms with Crippen LogP contribution in [-0.4, -0.2) is 23.6 Å². The fourth-order valence-corrected chi connectivity index (χ4v) is 2.69. The predicted molar refractivity (Wildman–Crippen MR) is 65.9 cm³/mol. The third kappa shape index (κ3) is 2.15. The minimum atomic E-state index is -0.177. The molecule has 2 aliphatic rings. The third-order valence-electron chi connectivity index (χ3n) is 3.59. The number of carbonyl (C=O) groups is 1. The molecule has 1 fully saturated rings. The number of amides is 1. The Morgan fingerprint density at radius 2 is 2.33 bits per heavy atom. The van der Waals surface area contributed by atoms with Gasteiger partial charge in [-0.3, -0.25) is 4.90 Å². The number of rotatable bonds is 4. The first-order valence-electron chi connectivity index (χ1n) is 6.52. The molecule has 1 aromatic rings. The van der Waals surface area contributed by atoms with Gasteiger partial charge >= 0.3 is 6.09 Å². The SMILES string of the molecule is O=C1OC[C@@H]2CCC=C(CCCc3ccco3)N12. The number of nitrogens with zero attached hydrogens (tertiary/aromatic N) is 1. The van der Waals surface area contributed by atoms with E-state index in [0.29, 0.717) is 6.61 Å². The molecule has 0 N–H and O–H groups in total. The molecule has 0 radical (unpaired) electrons. The van der Waals surface area contributed by atoms with Crippen LogP contribution in [0.2, 0.25) is 0 Å². The fourth-order valence-electron chi connectivity index (χ4n) is 2.69. The van der Waals surface area contributed by atoms with E-state index in [2.05, 4.69) is 6.08 Å². The van der Waals surface area contributed by atoms with Crippen molar-refractivity contribution in [2.24, 2.45) is 0 Å². The monoisotopic (exact) mass is 247 g/mol. The van der Waals surface area contributed by atoms with Gasteiger partial charge in [0.05, 0.1) is 12.3 Å². The highest BCUT2D eigenvalue weighted by Crippen LogP contribution is 2.29. The number of cyclic esters (lactones) is 1. The van der Waals surface area contributed by atoms with Crippen LogP contribution in [0.4, 0.5) is 4.79 Å². The topological polar surface area (TPSA) is 42.7 Å². The maximum absolute atomic E-state index is 11.7. The smallest absolute Gasteiger partial charge is 0.414 e. The lowest BCUT2D eigenvalue weighted by molar-refractivity contribution is 0.163. The molecule has 4 nitrogen and oxygen atoms in total. The Labute approximate surface area is 106 Å². The van der Waals surface area contributed by atoms with Gasteiger partial charge in [0.1, 0.15) is 12.4 Å². The molecule has 3 rings (SSSR count). The highest BCUT2D eigenvalue weighted by molar-refractivity contribution is 5.72. The number of carbonyl (C=O) groups excluding carboxylic acids is 1. The van der Waals surface area contributed by atoms with Gasteiger partial charge in [0.15, 0.2) is 0 Å². The van der Waals surface area contributed by atoms with E-state index in [0.717, 1.165) is 43.6 Å². The Kier molecular flexibility index (Phi) is 3.09. The summed E-state index contributed by atoms with van der Waals surface area (Å²) in [6, 6.07) is 4.16. The fraction of sp³-hybridized carbons (Fsp3) is 0.500. The van der Waals surface area contributed by atoms with E-state index in [1.165, 1.54) is 0 Å². The van der Waals surface area contributed by atoms with E-state index in [4.69, 9.17) is 9.15 Å². The maximum atomic E-state index is 11.7. The lowest BCUT2D eigenvalue weighted by Crippen LogP contribution is -2.35. The van der Waals surface area contributed by atoms with Crippen LogP contribution in [0.3, 0.4) is 0 Å². The van der Waals surface area contributed by atoms with Crippen molar-refractivity contribution in [3.63, 3.8) is 0 Å². The minimum Gasteiger partial charge on any atom is -0.469 e. The molecular formula is C14H17NO3. The van der Waals surface area contributed by atoms with Crippen molar-refractivity contribution in [3.8, 4) is 0 Å². The van der Waals surface area contributed by atoms with Gasteiger partial charge in [0.25, 0.3) is 0 Å². The van der Waals surface area contributed by atoms with Crippen LogP contribution in [0.5, 0.6) is 0 Å². The molecule has 1 aromatic heterocycles. The number of ether oxygens (including phenoxy) is 1. The quantitative estimate of drug-likeness (QED) is 0.821. The largest absolute Gasteiger partial charge is 0.469 e. The van der Waals surface area contributed by atoms with Gasteiger partial charge in [-0.25, -0.2) is 4.79 Å². The highest BCUT2D eigenvalue weighted by atomic mass is 16.6. The summed E-state index contributed by atoms with van der Waals surface area (Å²) in [5.41, 5.74) is 1.13. The summed E-state index contributed by atoms with van der Waals surface area (Å²) < 4.78 is 10.4. The van der Waals surface area contributed by atoms with E-state index < -0.39 is 0 Å². The van der Waals surface area contributed by atoms with Crippen LogP contribution in [0, 0.1) is 0 Å². The zero-order valence-corrected chi connectivity index (χ0v) is 10.3. The lowest BCUT2D eigenvalue weighted by atomic mass is 10.0. The zero-order valence-electron chi connectivity index (χ0n) is 10.3. The molecule has 96 valence electrons.